The van der Waals surface area contributed by atoms with E-state index in [1.165, 1.54) is 12.1 Å². The molecule has 1 aliphatic heterocycles. The summed E-state index contributed by atoms with van der Waals surface area (Å²) < 4.78 is 18.6. The topological polar surface area (TPSA) is 87.3 Å². The molecule has 0 radical (unpaired) electrons. The molecule has 1 aliphatic rings. The highest BCUT2D eigenvalue weighted by atomic mass is 19.1. The van der Waals surface area contributed by atoms with Crippen LogP contribution >= 0.6 is 0 Å². The van der Waals surface area contributed by atoms with E-state index in [-0.39, 0.29) is 42.0 Å². The average molecular weight is 360 g/mol. The highest BCUT2D eigenvalue weighted by Gasteiger charge is 2.32. The summed E-state index contributed by atoms with van der Waals surface area (Å²) in [5, 5.41) is 9.53. The molecule has 1 aromatic heterocycles. The molecule has 2 amide bonds. The Balaban J connectivity index is 1.54. The number of H-pyrrole nitrogens is 1. The van der Waals surface area contributed by atoms with Gasteiger partial charge in [-0.2, -0.15) is 5.10 Å². The Hall–Kier alpha value is -2.90. The van der Waals surface area contributed by atoms with E-state index < -0.39 is 0 Å². The number of hydrogen-bond donors (Lipinski definition) is 2. The molecule has 138 valence electrons. The normalized spacial score (nSPS) is 17.0. The van der Waals surface area contributed by atoms with Gasteiger partial charge in [-0.1, -0.05) is 6.07 Å². The van der Waals surface area contributed by atoms with Gasteiger partial charge < -0.3 is 15.0 Å². The fourth-order valence-corrected chi connectivity index (χ4v) is 2.86. The molecule has 0 bridgehead atoms. The number of halogens is 1. The van der Waals surface area contributed by atoms with E-state index in [0.29, 0.717) is 24.4 Å². The smallest absolute Gasteiger partial charge is 0.272 e. The van der Waals surface area contributed by atoms with Crippen molar-refractivity contribution in [1.29, 1.82) is 0 Å². The SMILES string of the molecule is CC(C)N1CC(NC(=O)c2cc(COc3cccc(F)c3)[nH]n2)CC1=O. The lowest BCUT2D eigenvalue weighted by molar-refractivity contribution is -0.129. The van der Waals surface area contributed by atoms with Crippen LogP contribution in [0.15, 0.2) is 30.3 Å². The molecule has 0 spiro atoms. The van der Waals surface area contributed by atoms with Gasteiger partial charge >= 0.3 is 0 Å². The summed E-state index contributed by atoms with van der Waals surface area (Å²) in [4.78, 5) is 25.9. The number of aromatic nitrogens is 2. The number of carbonyl (C=O) groups is 2. The van der Waals surface area contributed by atoms with E-state index in [1.807, 2.05) is 13.8 Å². The van der Waals surface area contributed by atoms with Crippen molar-refractivity contribution in [3.63, 3.8) is 0 Å². The van der Waals surface area contributed by atoms with Crippen LogP contribution in [-0.2, 0) is 11.4 Å². The highest BCUT2D eigenvalue weighted by molar-refractivity contribution is 5.93. The second kappa shape index (κ2) is 7.55. The highest BCUT2D eigenvalue weighted by Crippen LogP contribution is 2.16. The summed E-state index contributed by atoms with van der Waals surface area (Å²) in [7, 11) is 0. The minimum absolute atomic E-state index is 0.0384. The quantitative estimate of drug-likeness (QED) is 0.823. The summed E-state index contributed by atoms with van der Waals surface area (Å²) in [5.74, 6) is -0.296. The van der Waals surface area contributed by atoms with E-state index in [1.54, 1.807) is 23.1 Å². The molecule has 3 rings (SSSR count). The first-order valence-corrected chi connectivity index (χ1v) is 8.45. The third kappa shape index (κ3) is 4.19. The summed E-state index contributed by atoms with van der Waals surface area (Å²) in [5.41, 5.74) is 0.809. The lowest BCUT2D eigenvalue weighted by Crippen LogP contribution is -2.39. The summed E-state index contributed by atoms with van der Waals surface area (Å²) in [6.45, 7) is 4.52. The minimum Gasteiger partial charge on any atom is -0.487 e. The van der Waals surface area contributed by atoms with Gasteiger partial charge in [0, 0.05) is 25.1 Å². The average Bonchev–Trinajstić information content (AvgIpc) is 3.20. The van der Waals surface area contributed by atoms with Crippen LogP contribution in [0.5, 0.6) is 5.75 Å². The first-order valence-electron chi connectivity index (χ1n) is 8.45. The van der Waals surface area contributed by atoms with Crippen LogP contribution in [0.1, 0.15) is 36.5 Å². The molecule has 2 N–H and O–H groups in total. The van der Waals surface area contributed by atoms with E-state index in [0.717, 1.165) is 0 Å². The molecular weight excluding hydrogens is 339 g/mol. The van der Waals surface area contributed by atoms with Gasteiger partial charge in [-0.25, -0.2) is 4.39 Å². The molecule has 26 heavy (non-hydrogen) atoms. The first-order chi connectivity index (χ1) is 12.4. The van der Waals surface area contributed by atoms with Gasteiger partial charge in [0.2, 0.25) is 5.91 Å². The number of likely N-dealkylation sites (tertiary alicyclic amines) is 1. The summed E-state index contributed by atoms with van der Waals surface area (Å²) >= 11 is 0. The number of nitrogens with one attached hydrogen (secondary N) is 2. The van der Waals surface area contributed by atoms with E-state index >= 15 is 0 Å². The van der Waals surface area contributed by atoms with Gasteiger partial charge in [-0.15, -0.1) is 0 Å². The molecule has 8 heteroatoms. The molecule has 7 nitrogen and oxygen atoms in total. The maximum Gasteiger partial charge on any atom is 0.272 e. The third-order valence-electron chi connectivity index (χ3n) is 4.17. The predicted molar refractivity (Wildman–Crippen MR) is 92.0 cm³/mol. The van der Waals surface area contributed by atoms with E-state index in [4.69, 9.17) is 4.74 Å². The van der Waals surface area contributed by atoms with Crippen molar-refractivity contribution in [3.8, 4) is 5.75 Å². The van der Waals surface area contributed by atoms with Crippen molar-refractivity contribution in [1.82, 2.24) is 20.4 Å². The Morgan fingerprint density at radius 3 is 2.96 bits per heavy atom. The zero-order chi connectivity index (χ0) is 18.7. The fraction of sp³-hybridized carbons (Fsp3) is 0.389. The molecule has 1 aromatic carbocycles. The Bertz CT molecular complexity index is 805. The maximum atomic E-state index is 13.1. The standard InChI is InChI=1S/C18H21FN4O3/c1-11(2)23-9-13(8-17(23)24)20-18(25)16-7-14(21-22-16)10-26-15-5-3-4-12(19)6-15/h3-7,11,13H,8-10H2,1-2H3,(H,20,25)(H,21,22). The molecule has 0 saturated carbocycles. The van der Waals surface area contributed by atoms with Gasteiger partial charge in [0.25, 0.3) is 5.91 Å². The third-order valence-corrected chi connectivity index (χ3v) is 4.17. The summed E-state index contributed by atoms with van der Waals surface area (Å²) in [6, 6.07) is 7.28. The molecule has 1 saturated heterocycles. The zero-order valence-electron chi connectivity index (χ0n) is 14.7. The monoisotopic (exact) mass is 360 g/mol. The molecule has 1 fully saturated rings. The van der Waals surface area contributed by atoms with Crippen molar-refractivity contribution in [2.75, 3.05) is 6.54 Å². The number of nitrogens with zero attached hydrogens (tertiary/aromatic N) is 2. The number of carbonyl (C=O) groups excluding carboxylic acids is 2. The van der Waals surface area contributed by atoms with Gasteiger partial charge in [-0.05, 0) is 32.0 Å². The second-order valence-electron chi connectivity index (χ2n) is 6.54. The maximum absolute atomic E-state index is 13.1. The van der Waals surface area contributed by atoms with Gasteiger partial charge in [0.05, 0.1) is 11.7 Å². The predicted octanol–water partition coefficient (Wildman–Crippen LogP) is 1.87. The van der Waals surface area contributed by atoms with Crippen LogP contribution in [0.25, 0.3) is 0 Å². The molecule has 0 aliphatic carbocycles. The van der Waals surface area contributed by atoms with Gasteiger partial charge in [0.15, 0.2) is 0 Å². The van der Waals surface area contributed by atoms with Gasteiger partial charge in [0.1, 0.15) is 23.9 Å². The molecule has 1 atom stereocenters. The van der Waals surface area contributed by atoms with E-state index in [9.17, 15) is 14.0 Å². The van der Waals surface area contributed by atoms with Crippen LogP contribution in [0.2, 0.25) is 0 Å². The largest absolute Gasteiger partial charge is 0.487 e. The zero-order valence-corrected chi connectivity index (χ0v) is 14.7. The second-order valence-corrected chi connectivity index (χ2v) is 6.54. The number of aromatic amines is 1. The number of ether oxygens (including phenoxy) is 1. The molecular formula is C18H21FN4O3. The Morgan fingerprint density at radius 2 is 2.27 bits per heavy atom. The molecule has 2 aromatic rings. The van der Waals surface area contributed by atoms with Crippen LogP contribution in [0.3, 0.4) is 0 Å². The lowest BCUT2D eigenvalue weighted by atomic mass is 10.2. The van der Waals surface area contributed by atoms with Crippen molar-refractivity contribution in [3.05, 3.63) is 47.5 Å². The Morgan fingerprint density at radius 1 is 1.46 bits per heavy atom. The Kier molecular flexibility index (Phi) is 5.20. The molecule has 2 heterocycles. The molecule has 1 unspecified atom stereocenters. The van der Waals surface area contributed by atoms with Crippen LogP contribution in [0, 0.1) is 5.82 Å². The minimum atomic E-state index is -0.381. The van der Waals surface area contributed by atoms with Gasteiger partial charge in [-0.3, -0.25) is 14.7 Å². The summed E-state index contributed by atoms with van der Waals surface area (Å²) in [6.07, 6.45) is 0.296. The van der Waals surface area contributed by atoms with Crippen molar-refractivity contribution in [2.24, 2.45) is 0 Å². The number of amides is 2. The van der Waals surface area contributed by atoms with Crippen molar-refractivity contribution < 1.29 is 18.7 Å². The number of benzene rings is 1. The first kappa shape index (κ1) is 17.9. The van der Waals surface area contributed by atoms with Crippen LogP contribution < -0.4 is 10.1 Å². The number of rotatable bonds is 6. The fourth-order valence-electron chi connectivity index (χ4n) is 2.86. The van der Waals surface area contributed by atoms with Crippen LogP contribution in [-0.4, -0.2) is 45.5 Å². The lowest BCUT2D eigenvalue weighted by Gasteiger charge is -2.20. The Labute approximate surface area is 150 Å². The van der Waals surface area contributed by atoms with Crippen molar-refractivity contribution >= 4 is 11.8 Å². The van der Waals surface area contributed by atoms with Crippen molar-refractivity contribution in [2.45, 2.75) is 39.0 Å². The van der Waals surface area contributed by atoms with Crippen LogP contribution in [0.4, 0.5) is 4.39 Å². The van der Waals surface area contributed by atoms with E-state index in [2.05, 4.69) is 15.5 Å². The number of hydrogen-bond acceptors (Lipinski definition) is 4.